The molecule has 4 rings (SSSR count). The van der Waals surface area contributed by atoms with E-state index in [9.17, 15) is 9.59 Å². The summed E-state index contributed by atoms with van der Waals surface area (Å²) in [7, 11) is 0. The summed E-state index contributed by atoms with van der Waals surface area (Å²) in [5.74, 6) is -0.435. The number of morpholine rings is 1. The fraction of sp³-hybridized carbons (Fsp3) is 0.478. The molecule has 2 amide bonds. The highest BCUT2D eigenvalue weighted by atomic mass is 16.5. The van der Waals surface area contributed by atoms with Gasteiger partial charge in [-0.05, 0) is 25.5 Å². The molecule has 0 radical (unpaired) electrons. The SMILES string of the molecule is CC(C)OC(=O)C1=CN(C(=O)N2CCOCC2)CC(C)(C)c2c1[nH]c1ccccc21. The van der Waals surface area contributed by atoms with Crippen molar-refractivity contribution < 1.29 is 19.1 Å². The monoisotopic (exact) mass is 411 g/mol. The lowest BCUT2D eigenvalue weighted by molar-refractivity contribution is -0.140. The van der Waals surface area contributed by atoms with Gasteiger partial charge in [-0.15, -0.1) is 0 Å². The van der Waals surface area contributed by atoms with E-state index in [1.807, 2.05) is 32.0 Å². The van der Waals surface area contributed by atoms with Crippen molar-refractivity contribution in [2.45, 2.75) is 39.2 Å². The lowest BCUT2D eigenvalue weighted by Gasteiger charge is -2.34. The maximum absolute atomic E-state index is 13.3. The van der Waals surface area contributed by atoms with Gasteiger partial charge in [0.05, 0.1) is 30.6 Å². The lowest BCUT2D eigenvalue weighted by Crippen LogP contribution is -2.48. The van der Waals surface area contributed by atoms with Gasteiger partial charge in [0.25, 0.3) is 0 Å². The Kier molecular flexibility index (Phi) is 5.32. The molecule has 1 aromatic heterocycles. The number of urea groups is 1. The molecule has 2 aliphatic rings. The highest BCUT2D eigenvalue weighted by Crippen LogP contribution is 2.40. The lowest BCUT2D eigenvalue weighted by atomic mass is 9.82. The smallest absolute Gasteiger partial charge is 0.342 e. The second-order valence-corrected chi connectivity index (χ2v) is 8.81. The minimum absolute atomic E-state index is 0.115. The number of aromatic nitrogens is 1. The molecule has 1 aromatic carbocycles. The van der Waals surface area contributed by atoms with Crippen molar-refractivity contribution in [3.05, 3.63) is 41.7 Å². The molecular formula is C23H29N3O4. The summed E-state index contributed by atoms with van der Waals surface area (Å²) in [6, 6.07) is 7.90. The first kappa shape index (κ1) is 20.5. The van der Waals surface area contributed by atoms with Crippen LogP contribution in [0.3, 0.4) is 0 Å². The molecule has 7 heteroatoms. The van der Waals surface area contributed by atoms with Gasteiger partial charge >= 0.3 is 12.0 Å². The maximum atomic E-state index is 13.3. The Balaban J connectivity index is 1.84. The van der Waals surface area contributed by atoms with Crippen molar-refractivity contribution in [2.75, 3.05) is 32.8 Å². The number of fused-ring (bicyclic) bond motifs is 3. The number of H-pyrrole nitrogens is 1. The zero-order chi connectivity index (χ0) is 21.5. The largest absolute Gasteiger partial charge is 0.459 e. The minimum atomic E-state index is -0.435. The van der Waals surface area contributed by atoms with E-state index >= 15 is 0 Å². The number of nitrogens with zero attached hydrogens (tertiary/aromatic N) is 2. The number of ether oxygens (including phenoxy) is 2. The molecule has 1 fully saturated rings. The van der Waals surface area contributed by atoms with Crippen LogP contribution in [0.15, 0.2) is 30.5 Å². The predicted molar refractivity (Wildman–Crippen MR) is 115 cm³/mol. The Morgan fingerprint density at radius 3 is 2.57 bits per heavy atom. The van der Waals surface area contributed by atoms with Crippen LogP contribution in [0, 0.1) is 0 Å². The molecule has 160 valence electrons. The van der Waals surface area contributed by atoms with E-state index < -0.39 is 5.97 Å². The zero-order valence-electron chi connectivity index (χ0n) is 18.0. The average molecular weight is 412 g/mol. The number of carbonyl (C=O) groups excluding carboxylic acids is 2. The van der Waals surface area contributed by atoms with E-state index in [0.717, 1.165) is 22.2 Å². The number of hydrogen-bond acceptors (Lipinski definition) is 4. The number of hydrogen-bond donors (Lipinski definition) is 1. The number of rotatable bonds is 2. The molecule has 2 aromatic rings. The van der Waals surface area contributed by atoms with Crippen molar-refractivity contribution in [3.8, 4) is 0 Å². The normalized spacial score (nSPS) is 18.8. The van der Waals surface area contributed by atoms with Crippen LogP contribution in [-0.4, -0.2) is 65.7 Å². The first-order valence-corrected chi connectivity index (χ1v) is 10.5. The molecule has 0 bridgehead atoms. The van der Waals surface area contributed by atoms with Crippen molar-refractivity contribution in [2.24, 2.45) is 0 Å². The minimum Gasteiger partial charge on any atom is -0.459 e. The summed E-state index contributed by atoms with van der Waals surface area (Å²) >= 11 is 0. The molecule has 1 saturated heterocycles. The van der Waals surface area contributed by atoms with Crippen molar-refractivity contribution in [1.82, 2.24) is 14.8 Å². The third kappa shape index (κ3) is 3.69. The third-order valence-corrected chi connectivity index (χ3v) is 5.59. The molecule has 30 heavy (non-hydrogen) atoms. The Labute approximate surface area is 176 Å². The van der Waals surface area contributed by atoms with Crippen LogP contribution in [0.2, 0.25) is 0 Å². The molecule has 0 spiro atoms. The molecular weight excluding hydrogens is 382 g/mol. The summed E-state index contributed by atoms with van der Waals surface area (Å²) < 4.78 is 10.9. The van der Waals surface area contributed by atoms with Gasteiger partial charge in [0, 0.05) is 42.2 Å². The fourth-order valence-electron chi connectivity index (χ4n) is 4.31. The fourth-order valence-corrected chi connectivity index (χ4v) is 4.31. The second-order valence-electron chi connectivity index (χ2n) is 8.81. The summed E-state index contributed by atoms with van der Waals surface area (Å²) in [6.07, 6.45) is 1.40. The molecule has 7 nitrogen and oxygen atoms in total. The molecule has 3 heterocycles. The summed E-state index contributed by atoms with van der Waals surface area (Å²) in [6.45, 7) is 10.5. The van der Waals surface area contributed by atoms with Crippen LogP contribution >= 0.6 is 0 Å². The van der Waals surface area contributed by atoms with E-state index in [0.29, 0.717) is 38.4 Å². The summed E-state index contributed by atoms with van der Waals surface area (Å²) in [5.41, 5.74) is 2.72. The highest BCUT2D eigenvalue weighted by molar-refractivity contribution is 6.18. The number of benzene rings is 1. The van der Waals surface area contributed by atoms with Crippen LogP contribution in [0.25, 0.3) is 16.5 Å². The van der Waals surface area contributed by atoms with Gasteiger partial charge in [-0.25, -0.2) is 9.59 Å². The van der Waals surface area contributed by atoms with Gasteiger partial charge in [-0.2, -0.15) is 0 Å². The van der Waals surface area contributed by atoms with E-state index in [4.69, 9.17) is 9.47 Å². The second kappa shape index (κ2) is 7.80. The standard InChI is InChI=1S/C23H29N3O4/c1-15(2)30-21(27)17-13-26(22(28)25-9-11-29-12-10-25)14-23(3,4)19-16-7-5-6-8-18(16)24-20(17)19/h5-8,13,15,24H,9-12,14H2,1-4H3. The number of amides is 2. The molecule has 0 aliphatic carbocycles. The zero-order valence-corrected chi connectivity index (χ0v) is 18.0. The Hall–Kier alpha value is -2.80. The number of esters is 1. The summed E-state index contributed by atoms with van der Waals surface area (Å²) in [5, 5.41) is 1.06. The van der Waals surface area contributed by atoms with Gasteiger partial charge in [0.2, 0.25) is 0 Å². The topological polar surface area (TPSA) is 74.9 Å². The van der Waals surface area contributed by atoms with Crippen LogP contribution in [-0.2, 0) is 19.7 Å². The first-order chi connectivity index (χ1) is 14.3. The van der Waals surface area contributed by atoms with Gasteiger partial charge in [0.15, 0.2) is 0 Å². The molecule has 0 unspecified atom stereocenters. The first-order valence-electron chi connectivity index (χ1n) is 10.5. The Morgan fingerprint density at radius 1 is 1.17 bits per heavy atom. The van der Waals surface area contributed by atoms with Crippen LogP contribution < -0.4 is 0 Å². The van der Waals surface area contributed by atoms with Gasteiger partial charge in [-0.3, -0.25) is 4.90 Å². The van der Waals surface area contributed by atoms with Crippen LogP contribution in [0.4, 0.5) is 4.79 Å². The average Bonchev–Trinajstić information content (AvgIpc) is 3.05. The van der Waals surface area contributed by atoms with Crippen LogP contribution in [0.5, 0.6) is 0 Å². The van der Waals surface area contributed by atoms with Gasteiger partial charge in [-0.1, -0.05) is 32.0 Å². The Bertz CT molecular complexity index is 999. The molecule has 2 aliphatic heterocycles. The maximum Gasteiger partial charge on any atom is 0.342 e. The van der Waals surface area contributed by atoms with Gasteiger partial charge in [0.1, 0.15) is 0 Å². The number of carbonyl (C=O) groups is 2. The quantitative estimate of drug-likeness (QED) is 0.768. The third-order valence-electron chi connectivity index (χ3n) is 5.59. The Morgan fingerprint density at radius 2 is 1.87 bits per heavy atom. The molecule has 1 N–H and O–H groups in total. The van der Waals surface area contributed by atoms with Crippen molar-refractivity contribution in [3.63, 3.8) is 0 Å². The number of aromatic amines is 1. The van der Waals surface area contributed by atoms with E-state index in [2.05, 4.69) is 24.9 Å². The van der Waals surface area contributed by atoms with Crippen molar-refractivity contribution >= 4 is 28.5 Å². The molecule has 0 saturated carbocycles. The van der Waals surface area contributed by atoms with E-state index in [1.165, 1.54) is 0 Å². The number of nitrogens with one attached hydrogen (secondary N) is 1. The van der Waals surface area contributed by atoms with E-state index in [1.54, 1.807) is 16.0 Å². The van der Waals surface area contributed by atoms with Crippen LogP contribution in [0.1, 0.15) is 39.0 Å². The van der Waals surface area contributed by atoms with Gasteiger partial charge < -0.3 is 19.4 Å². The highest BCUT2D eigenvalue weighted by Gasteiger charge is 2.38. The predicted octanol–water partition coefficient (Wildman–Crippen LogP) is 3.51. The summed E-state index contributed by atoms with van der Waals surface area (Å²) in [4.78, 5) is 33.2. The number of para-hydroxylation sites is 1. The molecule has 0 atom stereocenters. The van der Waals surface area contributed by atoms with Crippen molar-refractivity contribution in [1.29, 1.82) is 0 Å². The van der Waals surface area contributed by atoms with E-state index in [-0.39, 0.29) is 17.6 Å².